The Hall–Kier alpha value is -2.85. The summed E-state index contributed by atoms with van der Waals surface area (Å²) in [4.78, 5) is 24.5. The van der Waals surface area contributed by atoms with Gasteiger partial charge in [-0.05, 0) is 42.9 Å². The molecule has 3 atom stereocenters. The number of nitrogens with zero attached hydrogens (tertiary/aromatic N) is 4. The molecular formula is C24H31N5O2. The molecule has 0 bridgehead atoms. The molecule has 2 heterocycles. The summed E-state index contributed by atoms with van der Waals surface area (Å²) in [5.74, 6) is 0.629. The van der Waals surface area contributed by atoms with Crippen LogP contribution in [0.3, 0.4) is 0 Å². The predicted octanol–water partition coefficient (Wildman–Crippen LogP) is 3.73. The molecule has 2 aromatic rings. The predicted molar refractivity (Wildman–Crippen MR) is 117 cm³/mol. The number of hydrogen-bond donors (Lipinski definition) is 1. The molecule has 3 unspecified atom stereocenters. The standard InChI is InChI=1S/C24H31N5O2/c1-18-3-2-4-23(11-18)31-24(30)29-10-9-28(15-20-7-5-19(13-25)6-8-20)22(16-29)12-21-14-26-17-27-21/h5-8,14,17-18,22-23H,2-4,9-12,15-16H2,1H3,(H,26,27). The van der Waals surface area contributed by atoms with Crippen molar-refractivity contribution in [2.75, 3.05) is 19.6 Å². The Morgan fingerprint density at radius 2 is 2.13 bits per heavy atom. The average Bonchev–Trinajstić information content (AvgIpc) is 3.28. The molecule has 164 valence electrons. The van der Waals surface area contributed by atoms with Crippen LogP contribution in [0.5, 0.6) is 0 Å². The van der Waals surface area contributed by atoms with Gasteiger partial charge >= 0.3 is 6.09 Å². The maximum atomic E-state index is 12.9. The van der Waals surface area contributed by atoms with Crippen molar-refractivity contribution >= 4 is 6.09 Å². The Labute approximate surface area is 184 Å². The molecule has 1 N–H and O–H groups in total. The van der Waals surface area contributed by atoms with Gasteiger partial charge in [-0.25, -0.2) is 9.78 Å². The van der Waals surface area contributed by atoms with Gasteiger partial charge in [-0.15, -0.1) is 0 Å². The number of piperazine rings is 1. The average molecular weight is 422 g/mol. The molecule has 1 aliphatic heterocycles. The van der Waals surface area contributed by atoms with Crippen LogP contribution in [0, 0.1) is 17.2 Å². The Bertz CT molecular complexity index is 890. The highest BCUT2D eigenvalue weighted by molar-refractivity contribution is 5.68. The second-order valence-electron chi connectivity index (χ2n) is 8.94. The van der Waals surface area contributed by atoms with Gasteiger partial charge in [0.15, 0.2) is 0 Å². The summed E-state index contributed by atoms with van der Waals surface area (Å²) < 4.78 is 5.88. The number of hydrogen-bond acceptors (Lipinski definition) is 5. The van der Waals surface area contributed by atoms with E-state index in [1.807, 2.05) is 35.4 Å². The second-order valence-corrected chi connectivity index (χ2v) is 8.94. The van der Waals surface area contributed by atoms with Crippen molar-refractivity contribution in [3.63, 3.8) is 0 Å². The van der Waals surface area contributed by atoms with E-state index in [-0.39, 0.29) is 18.2 Å². The van der Waals surface area contributed by atoms with Gasteiger partial charge in [0, 0.05) is 50.5 Å². The van der Waals surface area contributed by atoms with E-state index in [1.165, 1.54) is 12.0 Å². The maximum absolute atomic E-state index is 12.9. The highest BCUT2D eigenvalue weighted by Gasteiger charge is 2.32. The SMILES string of the molecule is CC1CCCC(OC(=O)N2CCN(Cc3ccc(C#N)cc3)C(Cc3cnc[nH]3)C2)C1. The number of imidazole rings is 1. The van der Waals surface area contributed by atoms with Crippen LogP contribution in [0.25, 0.3) is 0 Å². The van der Waals surface area contributed by atoms with Crippen molar-refractivity contribution < 1.29 is 9.53 Å². The molecule has 7 nitrogen and oxygen atoms in total. The first kappa shape index (κ1) is 21.4. The van der Waals surface area contributed by atoms with Gasteiger partial charge in [0.1, 0.15) is 6.10 Å². The van der Waals surface area contributed by atoms with Crippen LogP contribution in [0.15, 0.2) is 36.8 Å². The zero-order valence-electron chi connectivity index (χ0n) is 18.2. The zero-order chi connectivity index (χ0) is 21.6. The van der Waals surface area contributed by atoms with Crippen LogP contribution in [0.2, 0.25) is 0 Å². The van der Waals surface area contributed by atoms with Gasteiger partial charge in [0.2, 0.25) is 0 Å². The summed E-state index contributed by atoms with van der Waals surface area (Å²) in [6.07, 6.45) is 8.54. The first-order chi connectivity index (χ1) is 15.1. The lowest BCUT2D eigenvalue weighted by molar-refractivity contribution is 0.0116. The molecule has 1 amide bonds. The first-order valence-electron chi connectivity index (χ1n) is 11.3. The van der Waals surface area contributed by atoms with Crippen LogP contribution >= 0.6 is 0 Å². The minimum atomic E-state index is -0.174. The van der Waals surface area contributed by atoms with Gasteiger partial charge in [-0.1, -0.05) is 25.5 Å². The molecule has 31 heavy (non-hydrogen) atoms. The normalized spacial score (nSPS) is 24.5. The van der Waals surface area contributed by atoms with E-state index in [2.05, 4.69) is 27.9 Å². The summed E-state index contributed by atoms with van der Waals surface area (Å²) in [5.41, 5.74) is 2.90. The number of benzene rings is 1. The Kier molecular flexibility index (Phi) is 6.88. The summed E-state index contributed by atoms with van der Waals surface area (Å²) >= 11 is 0. The van der Waals surface area contributed by atoms with Crippen LogP contribution < -0.4 is 0 Å². The molecule has 1 aromatic heterocycles. The minimum absolute atomic E-state index is 0.0546. The largest absolute Gasteiger partial charge is 0.446 e. The number of carbonyl (C=O) groups excluding carboxylic acids is 1. The molecule has 2 aliphatic rings. The van der Waals surface area contributed by atoms with E-state index in [0.29, 0.717) is 24.6 Å². The number of ether oxygens (including phenoxy) is 1. The molecule has 1 saturated carbocycles. The number of H-pyrrole nitrogens is 1. The highest BCUT2D eigenvalue weighted by Crippen LogP contribution is 2.27. The number of aromatic nitrogens is 2. The lowest BCUT2D eigenvalue weighted by atomic mass is 9.89. The topological polar surface area (TPSA) is 85.2 Å². The minimum Gasteiger partial charge on any atom is -0.446 e. The van der Waals surface area contributed by atoms with Crippen LogP contribution in [0.1, 0.15) is 49.4 Å². The molecule has 1 saturated heterocycles. The lowest BCUT2D eigenvalue weighted by Crippen LogP contribution is -2.55. The molecule has 2 fully saturated rings. The van der Waals surface area contributed by atoms with E-state index in [4.69, 9.17) is 10.00 Å². The number of nitriles is 1. The summed E-state index contributed by atoms with van der Waals surface area (Å²) in [6, 6.07) is 10.1. The van der Waals surface area contributed by atoms with Gasteiger partial charge in [0.25, 0.3) is 0 Å². The molecular weight excluding hydrogens is 390 g/mol. The Balaban J connectivity index is 1.41. The molecule has 1 aromatic carbocycles. The van der Waals surface area contributed by atoms with Gasteiger partial charge in [-0.3, -0.25) is 4.90 Å². The summed E-state index contributed by atoms with van der Waals surface area (Å²) in [5, 5.41) is 9.03. The number of amides is 1. The van der Waals surface area contributed by atoms with E-state index < -0.39 is 0 Å². The third-order valence-electron chi connectivity index (χ3n) is 6.50. The third-order valence-corrected chi connectivity index (χ3v) is 6.50. The van der Waals surface area contributed by atoms with E-state index in [0.717, 1.165) is 44.5 Å². The quantitative estimate of drug-likeness (QED) is 0.795. The van der Waals surface area contributed by atoms with Gasteiger partial charge in [0.05, 0.1) is 18.0 Å². The number of carbonyl (C=O) groups is 1. The summed E-state index contributed by atoms with van der Waals surface area (Å²) in [7, 11) is 0. The number of nitrogens with one attached hydrogen (secondary N) is 1. The Morgan fingerprint density at radius 1 is 1.29 bits per heavy atom. The van der Waals surface area contributed by atoms with Crippen molar-refractivity contribution in [2.24, 2.45) is 5.92 Å². The molecule has 1 aliphatic carbocycles. The van der Waals surface area contributed by atoms with Gasteiger partial charge in [-0.2, -0.15) is 5.26 Å². The maximum Gasteiger partial charge on any atom is 0.410 e. The monoisotopic (exact) mass is 421 g/mol. The van der Waals surface area contributed by atoms with E-state index in [1.54, 1.807) is 6.33 Å². The number of aromatic amines is 1. The van der Waals surface area contributed by atoms with Crippen molar-refractivity contribution in [3.8, 4) is 6.07 Å². The van der Waals surface area contributed by atoms with Crippen molar-refractivity contribution in [1.29, 1.82) is 5.26 Å². The summed E-state index contributed by atoms with van der Waals surface area (Å²) in [6.45, 7) is 5.11. The highest BCUT2D eigenvalue weighted by atomic mass is 16.6. The van der Waals surface area contributed by atoms with Crippen LogP contribution in [-0.2, 0) is 17.7 Å². The molecule has 4 rings (SSSR count). The zero-order valence-corrected chi connectivity index (χ0v) is 18.2. The number of rotatable bonds is 5. The fourth-order valence-electron chi connectivity index (χ4n) is 4.73. The van der Waals surface area contributed by atoms with Crippen molar-refractivity contribution in [2.45, 2.75) is 57.7 Å². The van der Waals surface area contributed by atoms with Gasteiger partial charge < -0.3 is 14.6 Å². The Morgan fingerprint density at radius 3 is 2.84 bits per heavy atom. The molecule has 0 spiro atoms. The molecule has 0 radical (unpaired) electrons. The fourth-order valence-corrected chi connectivity index (χ4v) is 4.73. The van der Waals surface area contributed by atoms with Crippen LogP contribution in [-0.4, -0.2) is 57.6 Å². The lowest BCUT2D eigenvalue weighted by Gasteiger charge is -2.41. The van der Waals surface area contributed by atoms with Crippen molar-refractivity contribution in [3.05, 3.63) is 53.6 Å². The smallest absolute Gasteiger partial charge is 0.410 e. The third kappa shape index (κ3) is 5.65. The van der Waals surface area contributed by atoms with Crippen molar-refractivity contribution in [1.82, 2.24) is 19.8 Å². The van der Waals surface area contributed by atoms with E-state index >= 15 is 0 Å². The van der Waals surface area contributed by atoms with Crippen LogP contribution in [0.4, 0.5) is 4.79 Å². The fraction of sp³-hybridized carbons (Fsp3) is 0.542. The molecule has 7 heteroatoms. The first-order valence-corrected chi connectivity index (χ1v) is 11.3. The second kappa shape index (κ2) is 9.97. The van der Waals surface area contributed by atoms with E-state index in [9.17, 15) is 4.79 Å².